The highest BCUT2D eigenvalue weighted by atomic mass is 14.4. The second kappa shape index (κ2) is 4.48. The van der Waals surface area contributed by atoms with Crippen LogP contribution < -0.4 is 0 Å². The summed E-state index contributed by atoms with van der Waals surface area (Å²) in [5.74, 6) is 2.04. The van der Waals surface area contributed by atoms with Crippen LogP contribution in [0.2, 0.25) is 0 Å². The molecule has 1 rings (SSSR count). The molecule has 2 unspecified atom stereocenters. The van der Waals surface area contributed by atoms with Crippen molar-refractivity contribution in [3.8, 4) is 0 Å². The molecule has 0 aromatic carbocycles. The first kappa shape index (κ1) is 11.1. The van der Waals surface area contributed by atoms with Crippen molar-refractivity contribution in [2.75, 3.05) is 0 Å². The van der Waals surface area contributed by atoms with Crippen molar-refractivity contribution in [2.45, 2.75) is 66.2 Å². The standard InChI is InChI=1S/C13H26/c1-5-7-12-8-11(6-2)9-13(3,4)10-12/h11-12H,5-10H2,1-4H3. The Bertz CT molecular complexity index is 146. The topological polar surface area (TPSA) is 0 Å². The Labute approximate surface area is 84.1 Å². The van der Waals surface area contributed by atoms with Crippen LogP contribution in [0.25, 0.3) is 0 Å². The van der Waals surface area contributed by atoms with Gasteiger partial charge in [-0.1, -0.05) is 47.0 Å². The summed E-state index contributed by atoms with van der Waals surface area (Å²) in [6, 6.07) is 0. The summed E-state index contributed by atoms with van der Waals surface area (Å²) < 4.78 is 0. The molecule has 1 saturated carbocycles. The molecule has 0 nitrogen and oxygen atoms in total. The molecule has 2 atom stereocenters. The Kier molecular flexibility index (Phi) is 3.82. The molecule has 0 aromatic heterocycles. The zero-order valence-corrected chi connectivity index (χ0v) is 9.90. The largest absolute Gasteiger partial charge is 0.0654 e. The third kappa shape index (κ3) is 3.32. The van der Waals surface area contributed by atoms with E-state index in [0.717, 1.165) is 11.8 Å². The Hall–Kier alpha value is 0. The van der Waals surface area contributed by atoms with Crippen LogP contribution in [0.3, 0.4) is 0 Å². The van der Waals surface area contributed by atoms with Crippen LogP contribution in [0.15, 0.2) is 0 Å². The highest BCUT2D eigenvalue weighted by Crippen LogP contribution is 2.44. The van der Waals surface area contributed by atoms with Gasteiger partial charge in [0.15, 0.2) is 0 Å². The quantitative estimate of drug-likeness (QED) is 0.596. The van der Waals surface area contributed by atoms with E-state index in [0.29, 0.717) is 5.41 Å². The lowest BCUT2D eigenvalue weighted by Gasteiger charge is -2.40. The van der Waals surface area contributed by atoms with Crippen LogP contribution in [0.1, 0.15) is 66.2 Å². The molecule has 0 bridgehead atoms. The molecule has 0 saturated heterocycles. The van der Waals surface area contributed by atoms with Crippen molar-refractivity contribution >= 4 is 0 Å². The Balaban J connectivity index is 2.49. The van der Waals surface area contributed by atoms with Gasteiger partial charge >= 0.3 is 0 Å². The van der Waals surface area contributed by atoms with Crippen molar-refractivity contribution in [2.24, 2.45) is 17.3 Å². The normalized spacial score (nSPS) is 33.2. The molecule has 0 N–H and O–H groups in total. The first-order chi connectivity index (χ1) is 6.07. The predicted octanol–water partition coefficient (Wildman–Crippen LogP) is 4.64. The van der Waals surface area contributed by atoms with Crippen molar-refractivity contribution in [3.05, 3.63) is 0 Å². The third-order valence-corrected chi connectivity index (χ3v) is 3.62. The third-order valence-electron chi connectivity index (χ3n) is 3.62. The minimum absolute atomic E-state index is 0.624. The summed E-state index contributed by atoms with van der Waals surface area (Å²) >= 11 is 0. The van der Waals surface area contributed by atoms with Gasteiger partial charge in [0.2, 0.25) is 0 Å². The molecule has 1 fully saturated rings. The van der Waals surface area contributed by atoms with E-state index in [9.17, 15) is 0 Å². The maximum Gasteiger partial charge on any atom is -0.0349 e. The van der Waals surface area contributed by atoms with E-state index >= 15 is 0 Å². The minimum atomic E-state index is 0.624. The van der Waals surface area contributed by atoms with E-state index in [1.807, 2.05) is 0 Å². The van der Waals surface area contributed by atoms with Crippen molar-refractivity contribution < 1.29 is 0 Å². The van der Waals surface area contributed by atoms with Crippen LogP contribution >= 0.6 is 0 Å². The maximum atomic E-state index is 2.46. The second-order valence-electron chi connectivity index (χ2n) is 5.74. The van der Waals surface area contributed by atoms with Gasteiger partial charge in [-0.2, -0.15) is 0 Å². The Morgan fingerprint density at radius 2 is 1.69 bits per heavy atom. The summed E-state index contributed by atoms with van der Waals surface area (Å²) in [4.78, 5) is 0. The minimum Gasteiger partial charge on any atom is -0.0654 e. The van der Waals surface area contributed by atoms with Crippen LogP contribution in [-0.2, 0) is 0 Å². The summed E-state index contributed by atoms with van der Waals surface area (Å²) in [5, 5.41) is 0. The molecule has 0 spiro atoms. The van der Waals surface area contributed by atoms with Gasteiger partial charge in [0.05, 0.1) is 0 Å². The van der Waals surface area contributed by atoms with Crippen LogP contribution in [0.4, 0.5) is 0 Å². The average Bonchev–Trinajstić information content (AvgIpc) is 2.02. The zero-order chi connectivity index (χ0) is 9.90. The fourth-order valence-electron chi connectivity index (χ4n) is 3.22. The van der Waals surface area contributed by atoms with Crippen molar-refractivity contribution in [3.63, 3.8) is 0 Å². The Morgan fingerprint density at radius 1 is 1.08 bits per heavy atom. The molecular formula is C13H26. The maximum absolute atomic E-state index is 2.46. The van der Waals surface area contributed by atoms with Gasteiger partial charge in [0.1, 0.15) is 0 Å². The second-order valence-corrected chi connectivity index (χ2v) is 5.74. The molecule has 0 heterocycles. The zero-order valence-electron chi connectivity index (χ0n) is 9.90. The monoisotopic (exact) mass is 182 g/mol. The number of rotatable bonds is 3. The summed E-state index contributed by atoms with van der Waals surface area (Å²) in [6.45, 7) is 9.59. The lowest BCUT2D eigenvalue weighted by atomic mass is 9.66. The lowest BCUT2D eigenvalue weighted by molar-refractivity contribution is 0.116. The van der Waals surface area contributed by atoms with Crippen molar-refractivity contribution in [1.82, 2.24) is 0 Å². The average molecular weight is 182 g/mol. The van der Waals surface area contributed by atoms with E-state index in [1.165, 1.54) is 38.5 Å². The molecule has 0 heteroatoms. The molecule has 0 radical (unpaired) electrons. The summed E-state index contributed by atoms with van der Waals surface area (Å²) in [7, 11) is 0. The van der Waals surface area contributed by atoms with E-state index < -0.39 is 0 Å². The molecule has 0 aliphatic heterocycles. The lowest BCUT2D eigenvalue weighted by Crippen LogP contribution is -2.28. The summed E-state index contributed by atoms with van der Waals surface area (Å²) in [6.07, 6.45) is 8.66. The highest BCUT2D eigenvalue weighted by molar-refractivity contribution is 4.83. The van der Waals surface area contributed by atoms with Crippen LogP contribution in [-0.4, -0.2) is 0 Å². The highest BCUT2D eigenvalue weighted by Gasteiger charge is 2.32. The van der Waals surface area contributed by atoms with Gasteiger partial charge in [0.25, 0.3) is 0 Å². The molecule has 78 valence electrons. The van der Waals surface area contributed by atoms with E-state index in [2.05, 4.69) is 27.7 Å². The predicted molar refractivity (Wildman–Crippen MR) is 59.8 cm³/mol. The van der Waals surface area contributed by atoms with Gasteiger partial charge < -0.3 is 0 Å². The van der Waals surface area contributed by atoms with Gasteiger partial charge in [-0.05, 0) is 36.5 Å². The summed E-state index contributed by atoms with van der Waals surface area (Å²) in [5.41, 5.74) is 0.624. The van der Waals surface area contributed by atoms with Crippen molar-refractivity contribution in [1.29, 1.82) is 0 Å². The molecule has 0 aromatic rings. The van der Waals surface area contributed by atoms with Gasteiger partial charge in [-0.15, -0.1) is 0 Å². The van der Waals surface area contributed by atoms with E-state index in [4.69, 9.17) is 0 Å². The fraction of sp³-hybridized carbons (Fsp3) is 1.00. The SMILES string of the molecule is CCCC1CC(CC)CC(C)(C)C1. The number of hydrogen-bond acceptors (Lipinski definition) is 0. The van der Waals surface area contributed by atoms with Gasteiger partial charge in [-0.3, -0.25) is 0 Å². The van der Waals surface area contributed by atoms with Crippen LogP contribution in [0, 0.1) is 17.3 Å². The van der Waals surface area contributed by atoms with Gasteiger partial charge in [-0.25, -0.2) is 0 Å². The molecule has 13 heavy (non-hydrogen) atoms. The van der Waals surface area contributed by atoms with Crippen LogP contribution in [0.5, 0.6) is 0 Å². The molecular weight excluding hydrogens is 156 g/mol. The first-order valence-electron chi connectivity index (χ1n) is 6.07. The number of hydrogen-bond donors (Lipinski definition) is 0. The van der Waals surface area contributed by atoms with Gasteiger partial charge in [0, 0.05) is 0 Å². The molecule has 0 amide bonds. The first-order valence-corrected chi connectivity index (χ1v) is 6.07. The van der Waals surface area contributed by atoms with E-state index in [1.54, 1.807) is 0 Å². The molecule has 1 aliphatic rings. The fourth-order valence-corrected chi connectivity index (χ4v) is 3.22. The Morgan fingerprint density at radius 3 is 2.23 bits per heavy atom. The molecule has 1 aliphatic carbocycles. The van der Waals surface area contributed by atoms with E-state index in [-0.39, 0.29) is 0 Å². The smallest absolute Gasteiger partial charge is 0.0349 e.